The van der Waals surface area contributed by atoms with Gasteiger partial charge in [-0.15, -0.1) is 0 Å². The molecule has 0 fully saturated rings. The van der Waals surface area contributed by atoms with Crippen molar-refractivity contribution in [3.63, 3.8) is 0 Å². The van der Waals surface area contributed by atoms with Crippen molar-refractivity contribution in [2.75, 3.05) is 32.9 Å². The van der Waals surface area contributed by atoms with Crippen molar-refractivity contribution in [3.05, 3.63) is 0 Å². The maximum atomic E-state index is 11.3. The quantitative estimate of drug-likeness (QED) is 0.370. The first-order valence-electron chi connectivity index (χ1n) is 5.83. The van der Waals surface area contributed by atoms with Gasteiger partial charge in [-0.05, 0) is 20.8 Å². The molecule has 0 aromatic rings. The van der Waals surface area contributed by atoms with Crippen molar-refractivity contribution < 1.29 is 24.9 Å². The lowest BCUT2D eigenvalue weighted by Gasteiger charge is -2.29. The summed E-state index contributed by atoms with van der Waals surface area (Å²) < 4.78 is 5.02. The van der Waals surface area contributed by atoms with Crippen LogP contribution in [0, 0.1) is 0 Å². The van der Waals surface area contributed by atoms with E-state index in [1.54, 1.807) is 20.8 Å². The molecule has 7 heteroatoms. The summed E-state index contributed by atoms with van der Waals surface area (Å²) in [5, 5.41) is 32.4. The molecule has 0 atom stereocenters. The second-order valence-corrected chi connectivity index (χ2v) is 5.11. The predicted octanol–water partition coefficient (Wildman–Crippen LogP) is -1.18. The lowest BCUT2D eigenvalue weighted by molar-refractivity contribution is 0.0414. The highest BCUT2D eigenvalue weighted by Gasteiger charge is 2.26. The van der Waals surface area contributed by atoms with E-state index in [0.29, 0.717) is 6.54 Å². The lowest BCUT2D eigenvalue weighted by Crippen LogP contribution is -2.56. The first-order valence-corrected chi connectivity index (χ1v) is 5.83. The number of hydrogen-bond donors (Lipinski definition) is 5. The van der Waals surface area contributed by atoms with Crippen LogP contribution in [0.1, 0.15) is 20.8 Å². The zero-order valence-corrected chi connectivity index (χ0v) is 11.2. The zero-order chi connectivity index (χ0) is 14.2. The molecule has 1 amide bonds. The Morgan fingerprint density at radius 1 is 1.06 bits per heavy atom. The average molecular weight is 264 g/mol. The van der Waals surface area contributed by atoms with Gasteiger partial charge in [-0.1, -0.05) is 0 Å². The summed E-state index contributed by atoms with van der Waals surface area (Å²) in [4.78, 5) is 11.3. The normalized spacial score (nSPS) is 12.3. The largest absolute Gasteiger partial charge is 0.444 e. The van der Waals surface area contributed by atoms with E-state index in [9.17, 15) is 4.79 Å². The summed E-state index contributed by atoms with van der Waals surface area (Å²) >= 11 is 0. The number of carbonyl (C=O) groups excluding carboxylic acids is 1. The second-order valence-electron chi connectivity index (χ2n) is 5.11. The van der Waals surface area contributed by atoms with Gasteiger partial charge < -0.3 is 30.7 Å². The highest BCUT2D eigenvalue weighted by atomic mass is 16.6. The number of ether oxygens (including phenoxy) is 1. The van der Waals surface area contributed by atoms with E-state index in [2.05, 4.69) is 10.6 Å². The van der Waals surface area contributed by atoms with Crippen LogP contribution in [0.5, 0.6) is 0 Å². The summed E-state index contributed by atoms with van der Waals surface area (Å²) in [7, 11) is 0. The predicted molar refractivity (Wildman–Crippen MR) is 66.2 cm³/mol. The monoisotopic (exact) mass is 264 g/mol. The van der Waals surface area contributed by atoms with Crippen molar-refractivity contribution in [1.29, 1.82) is 0 Å². The third-order valence-electron chi connectivity index (χ3n) is 2.20. The van der Waals surface area contributed by atoms with E-state index < -0.39 is 37.1 Å². The minimum absolute atomic E-state index is 0.261. The van der Waals surface area contributed by atoms with Gasteiger partial charge in [0.1, 0.15) is 5.60 Å². The maximum absolute atomic E-state index is 11.3. The van der Waals surface area contributed by atoms with Gasteiger partial charge in [0, 0.05) is 13.1 Å². The molecule has 0 rings (SSSR count). The van der Waals surface area contributed by atoms with Gasteiger partial charge in [-0.2, -0.15) is 0 Å². The third kappa shape index (κ3) is 6.75. The second kappa shape index (κ2) is 7.52. The molecule has 0 aliphatic heterocycles. The molecule has 0 heterocycles. The third-order valence-corrected chi connectivity index (χ3v) is 2.20. The fourth-order valence-corrected chi connectivity index (χ4v) is 1.12. The molecule has 0 saturated carbocycles. The minimum Gasteiger partial charge on any atom is -0.444 e. The Bertz CT molecular complexity index is 240. The van der Waals surface area contributed by atoms with Crippen molar-refractivity contribution >= 4 is 6.09 Å². The SMILES string of the molecule is CC(C)(C)OC(=O)NCCNC(CO)(CO)CO. The molecule has 0 aliphatic rings. The number of amides is 1. The molecule has 0 aliphatic carbocycles. The fraction of sp³-hybridized carbons (Fsp3) is 0.909. The van der Waals surface area contributed by atoms with Gasteiger partial charge in [0.2, 0.25) is 0 Å². The summed E-state index contributed by atoms with van der Waals surface area (Å²) in [5.41, 5.74) is -1.68. The van der Waals surface area contributed by atoms with Crippen LogP contribution in [0.4, 0.5) is 4.79 Å². The number of nitrogens with one attached hydrogen (secondary N) is 2. The van der Waals surface area contributed by atoms with Crippen molar-refractivity contribution in [3.8, 4) is 0 Å². The van der Waals surface area contributed by atoms with Gasteiger partial charge in [0.25, 0.3) is 0 Å². The molecule has 7 nitrogen and oxygen atoms in total. The number of aliphatic hydroxyl groups is 3. The van der Waals surface area contributed by atoms with Gasteiger partial charge in [-0.25, -0.2) is 4.79 Å². The number of hydrogen-bond acceptors (Lipinski definition) is 6. The van der Waals surface area contributed by atoms with E-state index in [1.165, 1.54) is 0 Å². The topological polar surface area (TPSA) is 111 Å². The first kappa shape index (κ1) is 17.1. The minimum atomic E-state index is -1.13. The van der Waals surface area contributed by atoms with E-state index in [1.807, 2.05) is 0 Å². The van der Waals surface area contributed by atoms with Crippen molar-refractivity contribution in [2.45, 2.75) is 31.9 Å². The first-order chi connectivity index (χ1) is 8.28. The molecule has 108 valence electrons. The number of rotatable bonds is 7. The van der Waals surface area contributed by atoms with E-state index in [-0.39, 0.29) is 6.54 Å². The zero-order valence-electron chi connectivity index (χ0n) is 11.2. The Labute approximate surface area is 107 Å². The van der Waals surface area contributed by atoms with Crippen molar-refractivity contribution in [1.82, 2.24) is 10.6 Å². The number of carbonyl (C=O) groups is 1. The molecule has 0 saturated heterocycles. The van der Waals surface area contributed by atoms with Crippen molar-refractivity contribution in [2.24, 2.45) is 0 Å². The van der Waals surface area contributed by atoms with Gasteiger partial charge in [-0.3, -0.25) is 0 Å². The molecule has 5 N–H and O–H groups in total. The van der Waals surface area contributed by atoms with Gasteiger partial charge in [0.15, 0.2) is 0 Å². The lowest BCUT2D eigenvalue weighted by atomic mass is 10.0. The molecule has 18 heavy (non-hydrogen) atoms. The summed E-state index contributed by atoms with van der Waals surface area (Å²) in [5.74, 6) is 0. The van der Waals surface area contributed by atoms with Crippen LogP contribution in [0.3, 0.4) is 0 Å². The molecule has 0 radical (unpaired) electrons. The van der Waals surface area contributed by atoms with Crippen LogP contribution >= 0.6 is 0 Å². The van der Waals surface area contributed by atoms with Gasteiger partial charge >= 0.3 is 6.09 Å². The standard InChI is InChI=1S/C11H24N2O5/c1-10(2,3)18-9(17)12-4-5-13-11(6-14,7-15)8-16/h13-16H,4-8H2,1-3H3,(H,12,17). The van der Waals surface area contributed by atoms with Crippen LogP contribution in [-0.2, 0) is 4.74 Å². The van der Waals surface area contributed by atoms with Crippen LogP contribution in [0.2, 0.25) is 0 Å². The maximum Gasteiger partial charge on any atom is 0.407 e. The number of alkyl carbamates (subject to hydrolysis) is 1. The molecule has 0 spiro atoms. The average Bonchev–Trinajstić information content (AvgIpc) is 2.28. The highest BCUT2D eigenvalue weighted by Crippen LogP contribution is 2.06. The molecule has 0 bridgehead atoms. The number of aliphatic hydroxyl groups excluding tert-OH is 3. The Kier molecular flexibility index (Phi) is 7.15. The fourth-order valence-electron chi connectivity index (χ4n) is 1.12. The van der Waals surface area contributed by atoms with E-state index in [4.69, 9.17) is 20.1 Å². The highest BCUT2D eigenvalue weighted by molar-refractivity contribution is 5.67. The Morgan fingerprint density at radius 3 is 1.94 bits per heavy atom. The smallest absolute Gasteiger partial charge is 0.407 e. The van der Waals surface area contributed by atoms with E-state index in [0.717, 1.165) is 0 Å². The molecule has 0 aromatic heterocycles. The van der Waals surface area contributed by atoms with Crippen LogP contribution < -0.4 is 10.6 Å². The van der Waals surface area contributed by atoms with Crippen LogP contribution in [0.15, 0.2) is 0 Å². The molecular formula is C11H24N2O5. The summed E-state index contributed by atoms with van der Waals surface area (Å²) in [6, 6.07) is 0. The summed E-state index contributed by atoms with van der Waals surface area (Å²) in [6.45, 7) is 4.65. The molecule has 0 unspecified atom stereocenters. The molecular weight excluding hydrogens is 240 g/mol. The van der Waals surface area contributed by atoms with Gasteiger partial charge in [0.05, 0.1) is 25.4 Å². The Balaban J connectivity index is 3.89. The Hall–Kier alpha value is -0.890. The summed E-state index contributed by atoms with van der Waals surface area (Å²) in [6.07, 6.45) is -0.535. The van der Waals surface area contributed by atoms with Crippen LogP contribution in [0.25, 0.3) is 0 Å². The molecule has 0 aromatic carbocycles. The van der Waals surface area contributed by atoms with E-state index >= 15 is 0 Å². The van der Waals surface area contributed by atoms with Crippen LogP contribution in [-0.4, -0.2) is 65.5 Å². The Morgan fingerprint density at radius 2 is 1.56 bits per heavy atom.